The van der Waals surface area contributed by atoms with Gasteiger partial charge in [-0.3, -0.25) is 0 Å². The number of aryl methyl sites for hydroxylation is 1. The first kappa shape index (κ1) is 22.0. The van der Waals surface area contributed by atoms with E-state index in [0.29, 0.717) is 5.92 Å². The van der Waals surface area contributed by atoms with E-state index in [1.54, 1.807) is 0 Å². The van der Waals surface area contributed by atoms with Crippen molar-refractivity contribution in [3.63, 3.8) is 0 Å². The fourth-order valence-corrected chi connectivity index (χ4v) is 4.84. The van der Waals surface area contributed by atoms with E-state index < -0.39 is 0 Å². The van der Waals surface area contributed by atoms with Crippen LogP contribution in [-0.4, -0.2) is 4.57 Å². The van der Waals surface area contributed by atoms with Crippen LogP contribution in [-0.2, 0) is 33.3 Å². The molecule has 1 unspecified atom stereocenters. The van der Waals surface area contributed by atoms with Crippen LogP contribution < -0.4 is 24.8 Å². The predicted molar refractivity (Wildman–Crippen MR) is 109 cm³/mol. The molecule has 6 rings (SSSR count). The molecule has 0 saturated carbocycles. The predicted octanol–water partition coefficient (Wildman–Crippen LogP) is 0.217. The van der Waals surface area contributed by atoms with Crippen molar-refractivity contribution in [2.75, 3.05) is 0 Å². The van der Waals surface area contributed by atoms with E-state index in [1.165, 1.54) is 49.5 Å². The Bertz CT molecular complexity index is 1320. The Balaban J connectivity index is 0.000000801. The van der Waals surface area contributed by atoms with Crippen LogP contribution in [0.2, 0.25) is 0 Å². The summed E-state index contributed by atoms with van der Waals surface area (Å²) in [6.45, 7) is 0. The van der Waals surface area contributed by atoms with Crippen LogP contribution in [0.15, 0.2) is 85.1 Å². The molecule has 141 valence electrons. The number of nitrogens with zero attached hydrogens (tertiary/aromatic N) is 1. The third-order valence-electron chi connectivity index (χ3n) is 5.96. The van der Waals surface area contributed by atoms with Gasteiger partial charge in [-0.05, 0) is 17.2 Å². The molecule has 0 N–H and O–H groups in total. The standard InChI is InChI=1S/C25H18N.2ClH.Zr/c1-26-14-13-22-19-9-4-5-10-20(19)24(25(22)26)21-12-6-11-18-17-8-3-2-7-16(17)15-23(18)21;;;/h2-15,24H,1H3;2*1H;/q-1;;;+3/p-2. The summed E-state index contributed by atoms with van der Waals surface area (Å²) in [7, 11) is 2.17. The van der Waals surface area contributed by atoms with Crippen molar-refractivity contribution in [2.24, 2.45) is 7.05 Å². The number of aromatic nitrogens is 1. The van der Waals surface area contributed by atoms with Crippen molar-refractivity contribution < 1.29 is 51.0 Å². The van der Waals surface area contributed by atoms with Crippen molar-refractivity contribution in [1.29, 1.82) is 0 Å². The first-order valence-corrected chi connectivity index (χ1v) is 9.14. The van der Waals surface area contributed by atoms with Gasteiger partial charge < -0.3 is 29.4 Å². The molecule has 1 atom stereocenters. The van der Waals surface area contributed by atoms with E-state index in [2.05, 4.69) is 96.7 Å². The van der Waals surface area contributed by atoms with Gasteiger partial charge in [0.2, 0.25) is 0 Å². The Morgan fingerprint density at radius 2 is 1.41 bits per heavy atom. The number of benzene rings is 3. The zero-order chi connectivity index (χ0) is 17.3. The quantitative estimate of drug-likeness (QED) is 0.288. The monoisotopic (exact) mass is 492 g/mol. The third-order valence-corrected chi connectivity index (χ3v) is 5.96. The van der Waals surface area contributed by atoms with Gasteiger partial charge in [-0.25, -0.2) is 0 Å². The van der Waals surface area contributed by atoms with E-state index in [9.17, 15) is 0 Å². The van der Waals surface area contributed by atoms with Gasteiger partial charge in [-0.15, -0.1) is 33.7 Å². The molecule has 0 saturated heterocycles. The van der Waals surface area contributed by atoms with E-state index in [4.69, 9.17) is 0 Å². The SMILES string of the molecule is Cn1ccc2c1C(c1cccc3c1[cH-]c1ccccc13)c1ccccc1-2.[Cl-].[Cl-].[Zr+3]. The molecule has 1 heterocycles. The second kappa shape index (κ2) is 8.19. The number of hydrogen-bond donors (Lipinski definition) is 0. The molecular formula is C25H18Cl2NZr. The first-order chi connectivity index (χ1) is 12.8. The summed E-state index contributed by atoms with van der Waals surface area (Å²) in [6, 6.07) is 29.0. The topological polar surface area (TPSA) is 4.93 Å². The van der Waals surface area contributed by atoms with Crippen molar-refractivity contribution in [1.82, 2.24) is 4.57 Å². The molecule has 0 spiro atoms. The Morgan fingerprint density at radius 1 is 0.724 bits per heavy atom. The first-order valence-electron chi connectivity index (χ1n) is 9.14. The summed E-state index contributed by atoms with van der Waals surface area (Å²) in [6.07, 6.45) is 2.19. The summed E-state index contributed by atoms with van der Waals surface area (Å²) in [5, 5.41) is 5.41. The number of fused-ring (bicyclic) bond motifs is 6. The van der Waals surface area contributed by atoms with E-state index in [1.807, 2.05) is 0 Å². The van der Waals surface area contributed by atoms with Gasteiger partial charge in [0.05, 0.1) is 0 Å². The van der Waals surface area contributed by atoms with Crippen LogP contribution in [0, 0.1) is 0 Å². The van der Waals surface area contributed by atoms with Crippen LogP contribution in [0.5, 0.6) is 0 Å². The molecular weight excluding hydrogens is 476 g/mol. The van der Waals surface area contributed by atoms with Gasteiger partial charge in [0.25, 0.3) is 0 Å². The molecule has 1 nitrogen and oxygen atoms in total. The second-order valence-corrected chi connectivity index (χ2v) is 7.29. The normalized spacial score (nSPS) is 13.9. The minimum atomic E-state index is 0. The summed E-state index contributed by atoms with van der Waals surface area (Å²) >= 11 is 0. The van der Waals surface area contributed by atoms with Crippen LogP contribution >= 0.6 is 0 Å². The molecule has 1 radical (unpaired) electrons. The molecule has 1 aromatic heterocycles. The minimum absolute atomic E-state index is 0. The number of rotatable bonds is 1. The zero-order valence-electron chi connectivity index (χ0n) is 15.9. The zero-order valence-corrected chi connectivity index (χ0v) is 19.8. The van der Waals surface area contributed by atoms with Crippen molar-refractivity contribution in [3.05, 3.63) is 102 Å². The second-order valence-electron chi connectivity index (χ2n) is 7.29. The Kier molecular flexibility index (Phi) is 6.20. The molecule has 5 aromatic rings. The fourth-order valence-electron chi connectivity index (χ4n) is 4.84. The molecule has 29 heavy (non-hydrogen) atoms. The maximum atomic E-state index is 2.36. The van der Waals surface area contributed by atoms with Gasteiger partial charge in [0.1, 0.15) is 0 Å². The van der Waals surface area contributed by atoms with E-state index >= 15 is 0 Å². The van der Waals surface area contributed by atoms with Gasteiger partial charge in [0, 0.05) is 30.4 Å². The summed E-state index contributed by atoms with van der Waals surface area (Å²) in [5.74, 6) is 0.293. The summed E-state index contributed by atoms with van der Waals surface area (Å²) in [5.41, 5.74) is 6.99. The molecule has 0 fully saturated rings. The van der Waals surface area contributed by atoms with Gasteiger partial charge in [0.15, 0.2) is 0 Å². The van der Waals surface area contributed by atoms with Crippen LogP contribution in [0.4, 0.5) is 0 Å². The average molecular weight is 495 g/mol. The molecule has 0 amide bonds. The maximum absolute atomic E-state index is 2.36. The summed E-state index contributed by atoms with van der Waals surface area (Å²) < 4.78 is 2.29. The van der Waals surface area contributed by atoms with Crippen LogP contribution in [0.3, 0.4) is 0 Å². The molecule has 0 aliphatic heterocycles. The van der Waals surface area contributed by atoms with Crippen LogP contribution in [0.1, 0.15) is 22.7 Å². The average Bonchev–Trinajstić information content (AvgIpc) is 3.33. The van der Waals surface area contributed by atoms with E-state index in [-0.39, 0.29) is 51.0 Å². The van der Waals surface area contributed by atoms with Gasteiger partial charge in [-0.1, -0.05) is 66.2 Å². The Morgan fingerprint density at radius 3 is 2.28 bits per heavy atom. The maximum Gasteiger partial charge on any atom is 3.00 e. The van der Waals surface area contributed by atoms with E-state index in [0.717, 1.165) is 0 Å². The molecule has 1 aliphatic carbocycles. The van der Waals surface area contributed by atoms with Crippen molar-refractivity contribution in [2.45, 2.75) is 5.92 Å². The Labute approximate surface area is 202 Å². The minimum Gasteiger partial charge on any atom is -1.00 e. The third kappa shape index (κ3) is 3.05. The molecule has 0 bridgehead atoms. The van der Waals surface area contributed by atoms with Crippen molar-refractivity contribution in [3.8, 4) is 11.1 Å². The molecule has 4 heteroatoms. The van der Waals surface area contributed by atoms with Gasteiger partial charge in [-0.2, -0.15) is 0 Å². The largest absolute Gasteiger partial charge is 3.00 e. The smallest absolute Gasteiger partial charge is 1.00 e. The van der Waals surface area contributed by atoms with Crippen LogP contribution in [0.25, 0.3) is 32.7 Å². The number of hydrogen-bond acceptors (Lipinski definition) is 0. The number of halogens is 2. The summed E-state index contributed by atoms with van der Waals surface area (Å²) in [4.78, 5) is 0. The molecule has 1 aliphatic rings. The van der Waals surface area contributed by atoms with Crippen molar-refractivity contribution >= 4 is 21.5 Å². The Hall–Kier alpha value is -1.73. The van der Waals surface area contributed by atoms with Gasteiger partial charge >= 0.3 is 26.2 Å². The fraction of sp³-hybridized carbons (Fsp3) is 0.0800. The molecule has 4 aromatic carbocycles.